The molecular weight excluding hydrogens is 268 g/mol. The van der Waals surface area contributed by atoms with Crippen LogP contribution in [0.4, 0.5) is 0 Å². The highest BCUT2D eigenvalue weighted by Gasteiger charge is 2.12. The lowest BCUT2D eigenvalue weighted by Crippen LogP contribution is -1.98. The van der Waals surface area contributed by atoms with Gasteiger partial charge in [0.05, 0.1) is 0 Å². The van der Waals surface area contributed by atoms with Gasteiger partial charge in [-0.25, -0.2) is 0 Å². The highest BCUT2D eigenvalue weighted by molar-refractivity contribution is 8.25. The SMILES string of the molecule is C1=CC(=C2CCC2)C=C1.C1=CC(=C2SCCS2)C=C1. The van der Waals surface area contributed by atoms with E-state index in [1.54, 1.807) is 5.57 Å². The Morgan fingerprint density at radius 3 is 1.68 bits per heavy atom. The van der Waals surface area contributed by atoms with E-state index in [0.29, 0.717) is 0 Å². The number of thioether (sulfide) groups is 2. The van der Waals surface area contributed by atoms with Crippen molar-refractivity contribution in [1.29, 1.82) is 0 Å². The molecule has 1 saturated carbocycles. The number of rotatable bonds is 0. The first-order valence-electron chi connectivity index (χ1n) is 6.85. The summed E-state index contributed by atoms with van der Waals surface area (Å²) >= 11 is 3.96. The molecule has 3 aliphatic carbocycles. The molecule has 2 fully saturated rings. The lowest BCUT2D eigenvalue weighted by molar-refractivity contribution is 0.658. The van der Waals surface area contributed by atoms with Gasteiger partial charge in [-0.2, -0.15) is 0 Å². The molecule has 0 bridgehead atoms. The van der Waals surface area contributed by atoms with Crippen LogP contribution < -0.4 is 0 Å². The second-order valence-electron chi connectivity index (χ2n) is 4.79. The van der Waals surface area contributed by atoms with Crippen molar-refractivity contribution in [2.24, 2.45) is 0 Å². The molecule has 98 valence electrons. The van der Waals surface area contributed by atoms with Crippen LogP contribution in [0.1, 0.15) is 19.3 Å². The molecule has 1 aliphatic heterocycles. The third-order valence-electron chi connectivity index (χ3n) is 3.48. The van der Waals surface area contributed by atoms with Crippen molar-refractivity contribution < 1.29 is 0 Å². The second kappa shape index (κ2) is 6.53. The Morgan fingerprint density at radius 2 is 1.21 bits per heavy atom. The van der Waals surface area contributed by atoms with Crippen LogP contribution in [0.5, 0.6) is 0 Å². The van der Waals surface area contributed by atoms with E-state index < -0.39 is 0 Å². The summed E-state index contributed by atoms with van der Waals surface area (Å²) in [6, 6.07) is 0. The average molecular weight is 286 g/mol. The standard InChI is InChI=1S/C9H10.C8H8S2/c1-2-5-8(4-1)9-6-3-7-9;1-2-4-7(3-1)8-9-5-6-10-8/h1-2,4-5H,3,6-7H2;1-4H,5-6H2. The Morgan fingerprint density at radius 1 is 0.684 bits per heavy atom. The Labute approximate surface area is 124 Å². The van der Waals surface area contributed by atoms with E-state index >= 15 is 0 Å². The van der Waals surface area contributed by atoms with Gasteiger partial charge in [-0.15, -0.1) is 23.5 Å². The molecule has 4 aliphatic rings. The van der Waals surface area contributed by atoms with Crippen molar-refractivity contribution in [2.75, 3.05) is 11.5 Å². The van der Waals surface area contributed by atoms with Crippen LogP contribution >= 0.6 is 23.5 Å². The van der Waals surface area contributed by atoms with Crippen molar-refractivity contribution in [3.8, 4) is 0 Å². The molecule has 19 heavy (non-hydrogen) atoms. The molecule has 0 spiro atoms. The van der Waals surface area contributed by atoms with Crippen molar-refractivity contribution in [3.05, 3.63) is 69.6 Å². The Hall–Kier alpha value is -0.860. The summed E-state index contributed by atoms with van der Waals surface area (Å²) in [5, 5.41) is 0. The maximum atomic E-state index is 2.20. The minimum absolute atomic E-state index is 1.28. The van der Waals surface area contributed by atoms with Crippen LogP contribution in [0.3, 0.4) is 0 Å². The lowest BCUT2D eigenvalue weighted by atomic mass is 9.88. The minimum atomic E-state index is 1.28. The largest absolute Gasteiger partial charge is 0.118 e. The Balaban J connectivity index is 0.000000117. The number of allylic oxidation sites excluding steroid dienone is 11. The normalized spacial score (nSPS) is 23.2. The maximum Gasteiger partial charge on any atom is 0.0474 e. The molecule has 0 aromatic heterocycles. The van der Waals surface area contributed by atoms with Crippen molar-refractivity contribution in [2.45, 2.75) is 19.3 Å². The number of hydrogen-bond acceptors (Lipinski definition) is 2. The van der Waals surface area contributed by atoms with Gasteiger partial charge < -0.3 is 0 Å². The van der Waals surface area contributed by atoms with E-state index in [1.807, 2.05) is 23.5 Å². The summed E-state index contributed by atoms with van der Waals surface area (Å²) in [5.74, 6) is 2.57. The summed E-state index contributed by atoms with van der Waals surface area (Å²) in [7, 11) is 0. The molecule has 0 radical (unpaired) electrons. The van der Waals surface area contributed by atoms with Crippen LogP contribution in [0.25, 0.3) is 0 Å². The molecule has 1 heterocycles. The molecule has 0 nitrogen and oxygen atoms in total. The Bertz CT molecular complexity index is 485. The van der Waals surface area contributed by atoms with E-state index in [9.17, 15) is 0 Å². The first kappa shape index (κ1) is 13.1. The van der Waals surface area contributed by atoms with Gasteiger partial charge in [-0.1, -0.05) is 54.2 Å². The zero-order valence-corrected chi connectivity index (χ0v) is 12.6. The quantitative estimate of drug-likeness (QED) is 0.585. The van der Waals surface area contributed by atoms with Gasteiger partial charge in [-0.05, 0) is 30.4 Å². The zero-order valence-electron chi connectivity index (χ0n) is 11.0. The maximum absolute atomic E-state index is 2.20. The third kappa shape index (κ3) is 3.37. The summed E-state index contributed by atoms with van der Waals surface area (Å²) in [6.07, 6.45) is 21.3. The molecule has 0 atom stereocenters. The summed E-state index contributed by atoms with van der Waals surface area (Å²) in [5.41, 5.74) is 4.54. The summed E-state index contributed by atoms with van der Waals surface area (Å²) < 4.78 is 1.50. The fraction of sp³-hybridized carbons (Fsp3) is 0.294. The van der Waals surface area contributed by atoms with Crippen molar-refractivity contribution in [3.63, 3.8) is 0 Å². The first-order chi connectivity index (χ1) is 9.43. The molecule has 0 amide bonds. The highest BCUT2D eigenvalue weighted by atomic mass is 32.2. The van der Waals surface area contributed by atoms with Gasteiger partial charge in [-0.3, -0.25) is 0 Å². The minimum Gasteiger partial charge on any atom is -0.118 e. The second-order valence-corrected chi connectivity index (χ2v) is 7.26. The summed E-state index contributed by atoms with van der Waals surface area (Å²) in [6.45, 7) is 0. The van der Waals surface area contributed by atoms with Gasteiger partial charge in [0.2, 0.25) is 0 Å². The predicted octanol–water partition coefficient (Wildman–Crippen LogP) is 5.40. The van der Waals surface area contributed by atoms with E-state index in [4.69, 9.17) is 0 Å². The fourth-order valence-corrected chi connectivity index (χ4v) is 4.72. The molecule has 0 aromatic rings. The monoisotopic (exact) mass is 286 g/mol. The van der Waals surface area contributed by atoms with Crippen LogP contribution in [0.15, 0.2) is 69.6 Å². The molecule has 0 unspecified atom stereocenters. The van der Waals surface area contributed by atoms with Crippen LogP contribution in [-0.4, -0.2) is 11.5 Å². The van der Waals surface area contributed by atoms with Crippen molar-refractivity contribution in [1.82, 2.24) is 0 Å². The summed E-state index contributed by atoms with van der Waals surface area (Å²) in [4.78, 5) is 0. The van der Waals surface area contributed by atoms with E-state index in [0.717, 1.165) is 0 Å². The van der Waals surface area contributed by atoms with Gasteiger partial charge in [0, 0.05) is 15.7 Å². The van der Waals surface area contributed by atoms with E-state index in [1.165, 1.54) is 46.2 Å². The van der Waals surface area contributed by atoms with Crippen molar-refractivity contribution >= 4 is 23.5 Å². The first-order valence-corrected chi connectivity index (χ1v) is 8.82. The van der Waals surface area contributed by atoms with Crippen LogP contribution in [0, 0.1) is 0 Å². The molecule has 2 heteroatoms. The zero-order chi connectivity index (χ0) is 12.9. The molecule has 4 rings (SSSR count). The van der Waals surface area contributed by atoms with Crippen LogP contribution in [-0.2, 0) is 0 Å². The van der Waals surface area contributed by atoms with Gasteiger partial charge >= 0.3 is 0 Å². The fourth-order valence-electron chi connectivity index (χ4n) is 2.24. The average Bonchev–Trinajstić information content (AvgIpc) is 3.12. The highest BCUT2D eigenvalue weighted by Crippen LogP contribution is 2.39. The molecule has 0 N–H and O–H groups in total. The van der Waals surface area contributed by atoms with Crippen LogP contribution in [0.2, 0.25) is 0 Å². The van der Waals surface area contributed by atoms with Gasteiger partial charge in [0.1, 0.15) is 0 Å². The molecule has 1 saturated heterocycles. The smallest absolute Gasteiger partial charge is 0.0474 e. The lowest BCUT2D eigenvalue weighted by Gasteiger charge is -2.17. The van der Waals surface area contributed by atoms with E-state index in [-0.39, 0.29) is 0 Å². The predicted molar refractivity (Wildman–Crippen MR) is 89.4 cm³/mol. The van der Waals surface area contributed by atoms with Gasteiger partial charge in [0.15, 0.2) is 0 Å². The molecular formula is C17H18S2. The topological polar surface area (TPSA) is 0 Å². The Kier molecular flexibility index (Phi) is 4.52. The van der Waals surface area contributed by atoms with E-state index in [2.05, 4.69) is 48.6 Å². The third-order valence-corrected chi connectivity index (χ3v) is 6.25. The van der Waals surface area contributed by atoms with Gasteiger partial charge in [0.25, 0.3) is 0 Å². The number of hydrogen-bond donors (Lipinski definition) is 0. The molecule has 0 aromatic carbocycles.